The van der Waals surface area contributed by atoms with E-state index in [1.54, 1.807) is 0 Å². The topological polar surface area (TPSA) is 46.2 Å². The summed E-state index contributed by atoms with van der Waals surface area (Å²) < 4.78 is 0.852. The Labute approximate surface area is 128 Å². The van der Waals surface area contributed by atoms with E-state index in [-0.39, 0.29) is 5.41 Å². The highest BCUT2D eigenvalue weighted by molar-refractivity contribution is 9.10. The van der Waals surface area contributed by atoms with Crippen molar-refractivity contribution in [3.8, 4) is 0 Å². The number of rotatable bonds is 4. The van der Waals surface area contributed by atoms with Crippen molar-refractivity contribution in [2.75, 3.05) is 6.54 Å². The fraction of sp³-hybridized carbons (Fsp3) is 0.600. The molecule has 0 spiro atoms. The van der Waals surface area contributed by atoms with Gasteiger partial charge < -0.3 is 10.8 Å². The van der Waals surface area contributed by atoms with E-state index in [0.717, 1.165) is 35.7 Å². The summed E-state index contributed by atoms with van der Waals surface area (Å²) in [7, 11) is 0. The van der Waals surface area contributed by atoms with Crippen LogP contribution in [0.2, 0.25) is 5.02 Å². The Morgan fingerprint density at radius 3 is 2.84 bits per heavy atom. The molecule has 3 unspecified atom stereocenters. The summed E-state index contributed by atoms with van der Waals surface area (Å²) in [6.07, 6.45) is 3.80. The lowest BCUT2D eigenvalue weighted by Gasteiger charge is -2.34. The molecule has 0 amide bonds. The number of hydrogen-bond acceptors (Lipinski definition) is 2. The van der Waals surface area contributed by atoms with Crippen molar-refractivity contribution < 1.29 is 5.11 Å². The van der Waals surface area contributed by atoms with E-state index < -0.39 is 6.10 Å². The fourth-order valence-corrected chi connectivity index (χ4v) is 3.64. The highest BCUT2D eigenvalue weighted by Gasteiger charge is 2.43. The van der Waals surface area contributed by atoms with Crippen molar-refractivity contribution in [3.05, 3.63) is 33.3 Å². The van der Waals surface area contributed by atoms with Crippen molar-refractivity contribution in [3.63, 3.8) is 0 Å². The number of halogens is 2. The molecule has 1 fully saturated rings. The van der Waals surface area contributed by atoms with Crippen LogP contribution in [0.3, 0.4) is 0 Å². The van der Waals surface area contributed by atoms with Crippen LogP contribution >= 0.6 is 27.5 Å². The van der Waals surface area contributed by atoms with Gasteiger partial charge in [-0.1, -0.05) is 31.0 Å². The molecule has 2 nitrogen and oxygen atoms in total. The summed E-state index contributed by atoms with van der Waals surface area (Å²) in [5.74, 6) is 0.684. The minimum Gasteiger partial charge on any atom is -0.388 e. The number of nitrogens with two attached hydrogens (primary N) is 1. The zero-order chi connectivity index (χ0) is 14.0. The van der Waals surface area contributed by atoms with Crippen LogP contribution in [0.1, 0.15) is 44.3 Å². The van der Waals surface area contributed by atoms with E-state index in [1.807, 2.05) is 18.2 Å². The molecule has 0 heterocycles. The van der Waals surface area contributed by atoms with Crippen molar-refractivity contribution in [1.29, 1.82) is 0 Å². The molecule has 4 heteroatoms. The highest BCUT2D eigenvalue weighted by atomic mass is 79.9. The van der Waals surface area contributed by atoms with Crippen LogP contribution in [0, 0.1) is 11.3 Å². The molecule has 19 heavy (non-hydrogen) atoms. The SMILES string of the molecule is CCC1CCC(CN)(C(O)c2ccc(Br)c(Cl)c2)C1. The molecule has 0 aliphatic heterocycles. The molecule has 1 aliphatic carbocycles. The molecule has 3 atom stereocenters. The summed E-state index contributed by atoms with van der Waals surface area (Å²) in [5.41, 5.74) is 6.68. The van der Waals surface area contributed by atoms with Gasteiger partial charge in [-0.2, -0.15) is 0 Å². The molecule has 1 aliphatic rings. The average molecular weight is 347 g/mol. The minimum atomic E-state index is -0.528. The third-order valence-corrected chi connectivity index (χ3v) is 5.80. The van der Waals surface area contributed by atoms with Gasteiger partial charge in [-0.3, -0.25) is 0 Å². The van der Waals surface area contributed by atoms with Crippen LogP contribution < -0.4 is 5.73 Å². The predicted octanol–water partition coefficient (Wildman–Crippen LogP) is 4.29. The first-order valence-electron chi connectivity index (χ1n) is 6.85. The summed E-state index contributed by atoms with van der Waals surface area (Å²) in [4.78, 5) is 0. The lowest BCUT2D eigenvalue weighted by atomic mass is 9.76. The van der Waals surface area contributed by atoms with Gasteiger partial charge in [-0.05, 0) is 58.8 Å². The average Bonchev–Trinajstić information content (AvgIpc) is 2.86. The normalized spacial score (nSPS) is 28.6. The van der Waals surface area contributed by atoms with Gasteiger partial charge in [-0.25, -0.2) is 0 Å². The standard InChI is InChI=1S/C15H21BrClNO/c1-2-10-5-6-15(8-10,9-18)14(19)11-3-4-12(16)13(17)7-11/h3-4,7,10,14,19H,2,5-6,8-9,18H2,1H3. The van der Waals surface area contributed by atoms with Crippen molar-refractivity contribution in [2.24, 2.45) is 17.1 Å². The second-order valence-electron chi connectivity index (χ2n) is 5.66. The van der Waals surface area contributed by atoms with E-state index in [9.17, 15) is 5.11 Å². The lowest BCUT2D eigenvalue weighted by Crippen LogP contribution is -2.34. The number of aliphatic hydroxyl groups excluding tert-OH is 1. The Hall–Kier alpha value is -0.0900. The van der Waals surface area contributed by atoms with Crippen LogP contribution in [0.4, 0.5) is 0 Å². The second-order valence-corrected chi connectivity index (χ2v) is 6.92. The first-order chi connectivity index (χ1) is 9.02. The van der Waals surface area contributed by atoms with Crippen LogP contribution in [0.25, 0.3) is 0 Å². The van der Waals surface area contributed by atoms with Crippen molar-refractivity contribution >= 4 is 27.5 Å². The Morgan fingerprint density at radius 2 is 2.32 bits per heavy atom. The summed E-state index contributed by atoms with van der Waals surface area (Å²) in [5, 5.41) is 11.4. The predicted molar refractivity (Wildman–Crippen MR) is 83.2 cm³/mol. The van der Waals surface area contributed by atoms with Gasteiger partial charge in [0.1, 0.15) is 0 Å². The largest absolute Gasteiger partial charge is 0.388 e. The first-order valence-corrected chi connectivity index (χ1v) is 8.02. The molecule has 0 aromatic heterocycles. The Bertz CT molecular complexity index is 454. The van der Waals surface area contributed by atoms with Crippen LogP contribution in [0.5, 0.6) is 0 Å². The Morgan fingerprint density at radius 1 is 1.58 bits per heavy atom. The van der Waals surface area contributed by atoms with Crippen LogP contribution in [-0.2, 0) is 0 Å². The van der Waals surface area contributed by atoms with Gasteiger partial charge >= 0.3 is 0 Å². The van der Waals surface area contributed by atoms with Gasteiger partial charge in [0.15, 0.2) is 0 Å². The zero-order valence-electron chi connectivity index (χ0n) is 11.2. The zero-order valence-corrected chi connectivity index (χ0v) is 13.5. The third-order valence-electron chi connectivity index (χ3n) is 4.57. The molecule has 106 valence electrons. The first kappa shape index (κ1) is 15.3. The highest BCUT2D eigenvalue weighted by Crippen LogP contribution is 2.50. The molecule has 0 radical (unpaired) electrons. The van der Waals surface area contributed by atoms with Gasteiger partial charge in [0.2, 0.25) is 0 Å². The monoisotopic (exact) mass is 345 g/mol. The molecular formula is C15H21BrClNO. The van der Waals surface area contributed by atoms with Gasteiger partial charge in [0.25, 0.3) is 0 Å². The molecular weight excluding hydrogens is 326 g/mol. The molecule has 1 aromatic rings. The van der Waals surface area contributed by atoms with E-state index in [1.165, 1.54) is 0 Å². The maximum absolute atomic E-state index is 10.7. The molecule has 2 rings (SSSR count). The van der Waals surface area contributed by atoms with Gasteiger partial charge in [-0.15, -0.1) is 0 Å². The van der Waals surface area contributed by atoms with Crippen LogP contribution in [-0.4, -0.2) is 11.7 Å². The minimum absolute atomic E-state index is 0.183. The van der Waals surface area contributed by atoms with E-state index in [2.05, 4.69) is 22.9 Å². The maximum atomic E-state index is 10.7. The molecule has 0 saturated heterocycles. The maximum Gasteiger partial charge on any atom is 0.0858 e. The summed E-state index contributed by atoms with van der Waals surface area (Å²) in [6, 6.07) is 5.65. The number of benzene rings is 1. The quantitative estimate of drug-likeness (QED) is 0.854. The van der Waals surface area contributed by atoms with Gasteiger partial charge in [0.05, 0.1) is 11.1 Å². The third kappa shape index (κ3) is 2.99. The Kier molecular flexibility index (Phi) is 4.93. The summed E-state index contributed by atoms with van der Waals surface area (Å²) >= 11 is 9.49. The second kappa shape index (κ2) is 6.13. The van der Waals surface area contributed by atoms with Gasteiger partial charge in [0, 0.05) is 16.4 Å². The van der Waals surface area contributed by atoms with Crippen molar-refractivity contribution in [2.45, 2.75) is 38.7 Å². The summed E-state index contributed by atoms with van der Waals surface area (Å²) in [6.45, 7) is 2.73. The van der Waals surface area contributed by atoms with E-state index in [0.29, 0.717) is 17.5 Å². The molecule has 1 aromatic carbocycles. The van der Waals surface area contributed by atoms with Crippen LogP contribution in [0.15, 0.2) is 22.7 Å². The smallest absolute Gasteiger partial charge is 0.0858 e. The molecule has 0 bridgehead atoms. The van der Waals surface area contributed by atoms with E-state index in [4.69, 9.17) is 17.3 Å². The lowest BCUT2D eigenvalue weighted by molar-refractivity contribution is 0.0301. The number of hydrogen-bond donors (Lipinski definition) is 2. The van der Waals surface area contributed by atoms with E-state index >= 15 is 0 Å². The van der Waals surface area contributed by atoms with Crippen molar-refractivity contribution in [1.82, 2.24) is 0 Å². The molecule has 3 N–H and O–H groups in total. The molecule has 1 saturated carbocycles. The fourth-order valence-electron chi connectivity index (χ4n) is 3.20. The number of aliphatic hydroxyl groups is 1. The Balaban J connectivity index is 2.25.